The number of hydrogen-bond acceptors (Lipinski definition) is 5. The van der Waals surface area contributed by atoms with E-state index in [4.69, 9.17) is 9.72 Å². The summed E-state index contributed by atoms with van der Waals surface area (Å²) in [5, 5.41) is 0. The summed E-state index contributed by atoms with van der Waals surface area (Å²) in [6.45, 7) is 3.54. The quantitative estimate of drug-likeness (QED) is 0.795. The molecule has 1 aromatic heterocycles. The van der Waals surface area contributed by atoms with Gasteiger partial charge >= 0.3 is 0 Å². The molecule has 7 nitrogen and oxygen atoms in total. The van der Waals surface area contributed by atoms with Crippen LogP contribution in [0.3, 0.4) is 0 Å². The van der Waals surface area contributed by atoms with Gasteiger partial charge in [0.05, 0.1) is 25.3 Å². The lowest BCUT2D eigenvalue weighted by molar-refractivity contribution is -0.131. The van der Waals surface area contributed by atoms with E-state index in [1.165, 1.54) is 0 Å². The Morgan fingerprint density at radius 2 is 2.14 bits per heavy atom. The van der Waals surface area contributed by atoms with E-state index in [1.807, 2.05) is 40.3 Å². The predicted molar refractivity (Wildman–Crippen MR) is 107 cm³/mol. The van der Waals surface area contributed by atoms with E-state index >= 15 is 0 Å². The SMILES string of the molecule is COc1cccc(CC(=O)N2CCc3nc(C4CCCN4C(C)=O)ncc3C2)c1. The summed E-state index contributed by atoms with van der Waals surface area (Å²) < 4.78 is 5.24. The van der Waals surface area contributed by atoms with Crippen LogP contribution in [0.5, 0.6) is 5.75 Å². The highest BCUT2D eigenvalue weighted by atomic mass is 16.5. The number of carbonyl (C=O) groups excluding carboxylic acids is 2. The van der Waals surface area contributed by atoms with Crippen molar-refractivity contribution in [3.05, 3.63) is 53.1 Å². The molecular weight excluding hydrogens is 368 g/mol. The molecule has 0 aliphatic carbocycles. The third-order valence-corrected chi connectivity index (χ3v) is 5.75. The largest absolute Gasteiger partial charge is 0.497 e. The fraction of sp³-hybridized carbons (Fsp3) is 0.455. The van der Waals surface area contributed by atoms with Gasteiger partial charge in [-0.15, -0.1) is 0 Å². The standard InChI is InChI=1S/C22H26N4O3/c1-15(27)26-9-4-7-20(26)22-23-13-17-14-25(10-8-19(17)24-22)21(28)12-16-5-3-6-18(11-16)29-2/h3,5-6,11,13,20H,4,7-10,12,14H2,1-2H3. The van der Waals surface area contributed by atoms with Crippen molar-refractivity contribution in [2.45, 2.75) is 45.2 Å². The molecule has 1 fully saturated rings. The van der Waals surface area contributed by atoms with Gasteiger partial charge in [0.2, 0.25) is 11.8 Å². The highest BCUT2D eigenvalue weighted by molar-refractivity contribution is 5.79. The van der Waals surface area contributed by atoms with Gasteiger partial charge in [-0.05, 0) is 30.5 Å². The number of benzene rings is 1. The second kappa shape index (κ2) is 8.19. The van der Waals surface area contributed by atoms with E-state index in [0.717, 1.165) is 47.8 Å². The molecule has 3 heterocycles. The van der Waals surface area contributed by atoms with Gasteiger partial charge < -0.3 is 14.5 Å². The van der Waals surface area contributed by atoms with Crippen LogP contribution in [0.1, 0.15) is 48.5 Å². The average Bonchev–Trinajstić information content (AvgIpc) is 3.23. The molecule has 7 heteroatoms. The van der Waals surface area contributed by atoms with Crippen LogP contribution in [0.4, 0.5) is 0 Å². The summed E-state index contributed by atoms with van der Waals surface area (Å²) >= 11 is 0. The van der Waals surface area contributed by atoms with Crippen molar-refractivity contribution in [1.29, 1.82) is 0 Å². The summed E-state index contributed by atoms with van der Waals surface area (Å²) in [7, 11) is 1.62. The number of fused-ring (bicyclic) bond motifs is 1. The van der Waals surface area contributed by atoms with Gasteiger partial charge in [-0.25, -0.2) is 9.97 Å². The minimum Gasteiger partial charge on any atom is -0.497 e. The van der Waals surface area contributed by atoms with Gasteiger partial charge in [0.15, 0.2) is 5.82 Å². The van der Waals surface area contributed by atoms with Crippen molar-refractivity contribution in [3.8, 4) is 5.75 Å². The summed E-state index contributed by atoms with van der Waals surface area (Å²) in [4.78, 5) is 37.7. The van der Waals surface area contributed by atoms with Crippen LogP contribution < -0.4 is 4.74 Å². The highest BCUT2D eigenvalue weighted by Gasteiger charge is 2.31. The Morgan fingerprint density at radius 3 is 2.93 bits per heavy atom. The Bertz CT molecular complexity index is 930. The molecule has 1 atom stereocenters. The number of hydrogen-bond donors (Lipinski definition) is 0. The van der Waals surface area contributed by atoms with Gasteiger partial charge in [-0.1, -0.05) is 12.1 Å². The molecule has 2 aliphatic rings. The second-order valence-corrected chi connectivity index (χ2v) is 7.66. The fourth-order valence-electron chi connectivity index (χ4n) is 4.19. The number of nitrogens with zero attached hydrogens (tertiary/aromatic N) is 4. The number of rotatable bonds is 4. The van der Waals surface area contributed by atoms with Crippen molar-refractivity contribution < 1.29 is 14.3 Å². The molecule has 2 aromatic rings. The van der Waals surface area contributed by atoms with Crippen LogP contribution in [0.2, 0.25) is 0 Å². The normalized spacial score (nSPS) is 18.5. The topological polar surface area (TPSA) is 75.6 Å². The van der Waals surface area contributed by atoms with Crippen molar-refractivity contribution in [2.24, 2.45) is 0 Å². The first-order valence-electron chi connectivity index (χ1n) is 10.1. The van der Waals surface area contributed by atoms with Crippen LogP contribution in [0, 0.1) is 0 Å². The van der Waals surface area contributed by atoms with Crippen molar-refractivity contribution in [2.75, 3.05) is 20.2 Å². The minimum atomic E-state index is -0.0227. The van der Waals surface area contributed by atoms with Crippen molar-refractivity contribution in [3.63, 3.8) is 0 Å². The Kier molecular flexibility index (Phi) is 5.47. The van der Waals surface area contributed by atoms with E-state index in [-0.39, 0.29) is 17.9 Å². The number of methoxy groups -OCH3 is 1. The van der Waals surface area contributed by atoms with Crippen LogP contribution in [-0.4, -0.2) is 51.8 Å². The Labute approximate surface area is 170 Å². The van der Waals surface area contributed by atoms with Crippen molar-refractivity contribution in [1.82, 2.24) is 19.8 Å². The highest BCUT2D eigenvalue weighted by Crippen LogP contribution is 2.30. The zero-order valence-corrected chi connectivity index (χ0v) is 16.9. The molecule has 1 aromatic carbocycles. The summed E-state index contributed by atoms with van der Waals surface area (Å²) in [5.74, 6) is 1.65. The molecule has 152 valence electrons. The van der Waals surface area contributed by atoms with Crippen molar-refractivity contribution >= 4 is 11.8 Å². The lowest BCUT2D eigenvalue weighted by Gasteiger charge is -2.29. The lowest BCUT2D eigenvalue weighted by atomic mass is 10.0. The maximum atomic E-state index is 12.8. The number of aromatic nitrogens is 2. The van der Waals surface area contributed by atoms with Gasteiger partial charge in [0.1, 0.15) is 5.75 Å². The Morgan fingerprint density at radius 1 is 1.28 bits per heavy atom. The molecule has 4 rings (SSSR count). The third-order valence-electron chi connectivity index (χ3n) is 5.75. The number of likely N-dealkylation sites (tertiary alicyclic amines) is 1. The smallest absolute Gasteiger partial charge is 0.227 e. The molecule has 0 saturated carbocycles. The maximum absolute atomic E-state index is 12.8. The second-order valence-electron chi connectivity index (χ2n) is 7.66. The minimum absolute atomic E-state index is 0.0227. The zero-order chi connectivity index (χ0) is 20.4. The molecule has 29 heavy (non-hydrogen) atoms. The third kappa shape index (κ3) is 4.09. The van der Waals surface area contributed by atoms with E-state index in [9.17, 15) is 9.59 Å². The first-order valence-corrected chi connectivity index (χ1v) is 10.1. The molecule has 1 unspecified atom stereocenters. The summed E-state index contributed by atoms with van der Waals surface area (Å²) in [5.41, 5.74) is 2.93. The molecular formula is C22H26N4O3. The lowest BCUT2D eigenvalue weighted by Crippen LogP contribution is -2.38. The first-order chi connectivity index (χ1) is 14.0. The number of carbonyl (C=O) groups is 2. The Balaban J connectivity index is 1.45. The first kappa shape index (κ1) is 19.4. The fourth-order valence-corrected chi connectivity index (χ4v) is 4.19. The van der Waals surface area contributed by atoms with E-state index in [2.05, 4.69) is 4.98 Å². The van der Waals surface area contributed by atoms with Gasteiger partial charge in [-0.3, -0.25) is 9.59 Å². The summed E-state index contributed by atoms with van der Waals surface area (Å²) in [6.07, 6.45) is 4.78. The van der Waals surface area contributed by atoms with Crippen LogP contribution in [0.25, 0.3) is 0 Å². The number of ether oxygens (including phenoxy) is 1. The molecule has 0 N–H and O–H groups in total. The van der Waals surface area contributed by atoms with Gasteiger partial charge in [0.25, 0.3) is 0 Å². The molecule has 0 spiro atoms. The zero-order valence-electron chi connectivity index (χ0n) is 16.9. The molecule has 0 bridgehead atoms. The van der Waals surface area contributed by atoms with E-state index in [1.54, 1.807) is 14.0 Å². The Hall–Kier alpha value is -2.96. The predicted octanol–water partition coefficient (Wildman–Crippen LogP) is 2.30. The molecule has 0 radical (unpaired) electrons. The van der Waals surface area contributed by atoms with Crippen LogP contribution in [0.15, 0.2) is 30.5 Å². The molecule has 1 saturated heterocycles. The monoisotopic (exact) mass is 394 g/mol. The van der Waals surface area contributed by atoms with Gasteiger partial charge in [0, 0.05) is 44.7 Å². The molecule has 2 aliphatic heterocycles. The summed E-state index contributed by atoms with van der Waals surface area (Å²) in [6, 6.07) is 7.59. The van der Waals surface area contributed by atoms with Gasteiger partial charge in [-0.2, -0.15) is 0 Å². The molecule has 2 amide bonds. The van der Waals surface area contributed by atoms with E-state index < -0.39 is 0 Å². The maximum Gasteiger partial charge on any atom is 0.227 e. The van der Waals surface area contributed by atoms with Crippen LogP contribution >= 0.6 is 0 Å². The number of amides is 2. The average molecular weight is 394 g/mol. The van der Waals surface area contributed by atoms with E-state index in [0.29, 0.717) is 25.9 Å². The van der Waals surface area contributed by atoms with Crippen LogP contribution in [-0.2, 0) is 29.0 Å².